The fourth-order valence-corrected chi connectivity index (χ4v) is 1.39. The molecule has 0 fully saturated rings. The van der Waals surface area contributed by atoms with Gasteiger partial charge in [-0.15, -0.1) is 0 Å². The Bertz CT molecular complexity index is 377. The second-order valence-corrected chi connectivity index (χ2v) is 3.89. The smallest absolute Gasteiger partial charge is 0.221 e. The molecule has 0 atom stereocenters. The van der Waals surface area contributed by atoms with Crippen LogP contribution in [0.15, 0.2) is 18.2 Å². The van der Waals surface area contributed by atoms with Crippen LogP contribution in [0.25, 0.3) is 0 Å². The molecule has 16 heavy (non-hydrogen) atoms. The number of hydrogen-bond donors (Lipinski definition) is 2. The molecule has 1 rings (SSSR count). The standard InChI is InChI=1S/C12H19N3O/c1-9-4-5-10(8-11(9)13)15(3)7-6-12(16)14-2/h4-5,8H,6-7,13H2,1-3H3,(H,14,16). The molecule has 4 nitrogen and oxygen atoms in total. The van der Waals surface area contributed by atoms with Gasteiger partial charge >= 0.3 is 0 Å². The van der Waals surface area contributed by atoms with Crippen molar-refractivity contribution >= 4 is 17.3 Å². The van der Waals surface area contributed by atoms with Crippen LogP contribution in [-0.2, 0) is 4.79 Å². The Morgan fingerprint density at radius 1 is 1.50 bits per heavy atom. The van der Waals surface area contributed by atoms with Crippen LogP contribution in [0.1, 0.15) is 12.0 Å². The van der Waals surface area contributed by atoms with Gasteiger partial charge in [0.2, 0.25) is 5.91 Å². The number of amides is 1. The average molecular weight is 221 g/mol. The van der Waals surface area contributed by atoms with Crippen molar-refractivity contribution < 1.29 is 4.79 Å². The Morgan fingerprint density at radius 3 is 2.75 bits per heavy atom. The normalized spacial score (nSPS) is 9.94. The Kier molecular flexibility index (Phi) is 4.17. The highest BCUT2D eigenvalue weighted by Crippen LogP contribution is 2.19. The Hall–Kier alpha value is -1.71. The summed E-state index contributed by atoms with van der Waals surface area (Å²) in [6, 6.07) is 5.93. The number of aryl methyl sites for hydroxylation is 1. The predicted molar refractivity (Wildman–Crippen MR) is 67.5 cm³/mol. The lowest BCUT2D eigenvalue weighted by Gasteiger charge is -2.19. The maximum atomic E-state index is 11.1. The van der Waals surface area contributed by atoms with Gasteiger partial charge in [0, 0.05) is 38.4 Å². The van der Waals surface area contributed by atoms with Crippen molar-refractivity contribution in [3.05, 3.63) is 23.8 Å². The van der Waals surface area contributed by atoms with E-state index in [-0.39, 0.29) is 5.91 Å². The monoisotopic (exact) mass is 221 g/mol. The fraction of sp³-hybridized carbons (Fsp3) is 0.417. The van der Waals surface area contributed by atoms with Gasteiger partial charge in [-0.2, -0.15) is 0 Å². The lowest BCUT2D eigenvalue weighted by Crippen LogP contribution is -2.26. The lowest BCUT2D eigenvalue weighted by molar-refractivity contribution is -0.120. The van der Waals surface area contributed by atoms with E-state index in [0.717, 1.165) is 16.9 Å². The first kappa shape index (κ1) is 12.4. The van der Waals surface area contributed by atoms with E-state index in [0.29, 0.717) is 13.0 Å². The van der Waals surface area contributed by atoms with Crippen molar-refractivity contribution in [2.45, 2.75) is 13.3 Å². The number of nitrogens with one attached hydrogen (secondary N) is 1. The van der Waals surface area contributed by atoms with Gasteiger partial charge in [-0.05, 0) is 24.6 Å². The maximum Gasteiger partial charge on any atom is 0.221 e. The van der Waals surface area contributed by atoms with Crippen molar-refractivity contribution in [2.75, 3.05) is 31.3 Å². The Labute approximate surface area is 96.4 Å². The van der Waals surface area contributed by atoms with Crippen molar-refractivity contribution in [2.24, 2.45) is 0 Å². The maximum absolute atomic E-state index is 11.1. The third kappa shape index (κ3) is 3.15. The molecule has 0 bridgehead atoms. The summed E-state index contributed by atoms with van der Waals surface area (Å²) in [7, 11) is 3.60. The van der Waals surface area contributed by atoms with Gasteiger partial charge in [0.25, 0.3) is 0 Å². The summed E-state index contributed by atoms with van der Waals surface area (Å²) in [5.41, 5.74) is 8.72. The molecular weight excluding hydrogens is 202 g/mol. The van der Waals surface area contributed by atoms with Gasteiger partial charge < -0.3 is 16.0 Å². The number of carbonyl (C=O) groups is 1. The van der Waals surface area contributed by atoms with Crippen molar-refractivity contribution in [3.63, 3.8) is 0 Å². The highest BCUT2D eigenvalue weighted by atomic mass is 16.1. The molecule has 0 radical (unpaired) electrons. The summed E-state index contributed by atoms with van der Waals surface area (Å²) in [4.78, 5) is 13.1. The highest BCUT2D eigenvalue weighted by molar-refractivity contribution is 5.76. The Morgan fingerprint density at radius 2 is 2.19 bits per heavy atom. The third-order valence-electron chi connectivity index (χ3n) is 2.66. The van der Waals surface area contributed by atoms with Gasteiger partial charge in [-0.1, -0.05) is 6.07 Å². The molecule has 0 spiro atoms. The molecule has 1 aromatic carbocycles. The predicted octanol–water partition coefficient (Wildman–Crippen LogP) is 1.15. The first-order valence-corrected chi connectivity index (χ1v) is 5.32. The number of hydrogen-bond acceptors (Lipinski definition) is 3. The summed E-state index contributed by atoms with van der Waals surface area (Å²) >= 11 is 0. The number of nitrogens with two attached hydrogens (primary N) is 1. The van der Waals surface area contributed by atoms with Crippen LogP contribution in [0.2, 0.25) is 0 Å². The van der Waals surface area contributed by atoms with E-state index >= 15 is 0 Å². The molecule has 0 saturated heterocycles. The van der Waals surface area contributed by atoms with Gasteiger partial charge in [-0.25, -0.2) is 0 Å². The minimum absolute atomic E-state index is 0.0481. The minimum Gasteiger partial charge on any atom is -0.398 e. The second kappa shape index (κ2) is 5.39. The van der Waals surface area contributed by atoms with Gasteiger partial charge in [0.1, 0.15) is 0 Å². The number of nitrogen functional groups attached to an aromatic ring is 1. The molecule has 0 unspecified atom stereocenters. The van der Waals surface area contributed by atoms with E-state index in [1.165, 1.54) is 0 Å². The third-order valence-corrected chi connectivity index (χ3v) is 2.66. The van der Waals surface area contributed by atoms with Gasteiger partial charge in [-0.3, -0.25) is 4.79 Å². The molecule has 1 aromatic rings. The zero-order valence-corrected chi connectivity index (χ0v) is 10.1. The van der Waals surface area contributed by atoms with Crippen LogP contribution in [0.3, 0.4) is 0 Å². The molecular formula is C12H19N3O. The van der Waals surface area contributed by atoms with Crippen LogP contribution >= 0.6 is 0 Å². The number of benzene rings is 1. The van der Waals surface area contributed by atoms with Crippen LogP contribution < -0.4 is 16.0 Å². The topological polar surface area (TPSA) is 58.4 Å². The van der Waals surface area contributed by atoms with E-state index in [1.807, 2.05) is 37.1 Å². The molecule has 0 aliphatic carbocycles. The molecule has 1 amide bonds. The van der Waals surface area contributed by atoms with Crippen LogP contribution in [0.5, 0.6) is 0 Å². The van der Waals surface area contributed by atoms with E-state index in [9.17, 15) is 4.79 Å². The Balaban J connectivity index is 2.62. The fourth-order valence-electron chi connectivity index (χ4n) is 1.39. The van der Waals surface area contributed by atoms with E-state index in [1.54, 1.807) is 7.05 Å². The van der Waals surface area contributed by atoms with Gasteiger partial charge in [0.15, 0.2) is 0 Å². The van der Waals surface area contributed by atoms with Crippen molar-refractivity contribution in [1.82, 2.24) is 5.32 Å². The minimum atomic E-state index is 0.0481. The van der Waals surface area contributed by atoms with E-state index < -0.39 is 0 Å². The SMILES string of the molecule is CNC(=O)CCN(C)c1ccc(C)c(N)c1. The quantitative estimate of drug-likeness (QED) is 0.750. The zero-order valence-electron chi connectivity index (χ0n) is 10.1. The molecule has 0 aliphatic heterocycles. The summed E-state index contributed by atoms with van der Waals surface area (Å²) in [6.07, 6.45) is 0.487. The molecule has 0 aromatic heterocycles. The lowest BCUT2D eigenvalue weighted by atomic mass is 10.1. The van der Waals surface area contributed by atoms with Crippen LogP contribution in [-0.4, -0.2) is 26.5 Å². The zero-order chi connectivity index (χ0) is 12.1. The number of carbonyl (C=O) groups excluding carboxylic acids is 1. The number of anilines is 2. The summed E-state index contributed by atoms with van der Waals surface area (Å²) in [5, 5.41) is 2.60. The van der Waals surface area contributed by atoms with Crippen molar-refractivity contribution in [3.8, 4) is 0 Å². The first-order chi connectivity index (χ1) is 7.54. The van der Waals surface area contributed by atoms with Crippen LogP contribution in [0.4, 0.5) is 11.4 Å². The van der Waals surface area contributed by atoms with Crippen LogP contribution in [0, 0.1) is 6.92 Å². The van der Waals surface area contributed by atoms with Gasteiger partial charge in [0.05, 0.1) is 0 Å². The average Bonchev–Trinajstić information content (AvgIpc) is 2.29. The van der Waals surface area contributed by atoms with E-state index in [4.69, 9.17) is 5.73 Å². The second-order valence-electron chi connectivity index (χ2n) is 3.89. The summed E-state index contributed by atoms with van der Waals surface area (Å²) < 4.78 is 0. The summed E-state index contributed by atoms with van der Waals surface area (Å²) in [6.45, 7) is 2.66. The largest absolute Gasteiger partial charge is 0.398 e. The number of nitrogens with zero attached hydrogens (tertiary/aromatic N) is 1. The molecule has 88 valence electrons. The molecule has 0 saturated carbocycles. The first-order valence-electron chi connectivity index (χ1n) is 5.32. The van der Waals surface area contributed by atoms with Crippen molar-refractivity contribution in [1.29, 1.82) is 0 Å². The number of rotatable bonds is 4. The molecule has 0 aliphatic rings. The molecule has 3 N–H and O–H groups in total. The van der Waals surface area contributed by atoms with E-state index in [2.05, 4.69) is 5.32 Å². The molecule has 4 heteroatoms. The highest BCUT2D eigenvalue weighted by Gasteiger charge is 2.05. The summed E-state index contributed by atoms with van der Waals surface area (Å²) in [5.74, 6) is 0.0481. The molecule has 0 heterocycles.